The minimum absolute atomic E-state index is 0.0939. The SMILES string of the molecule is COc1ccc(NC(=O)c2cc3n(n2)[C@@H](C(F)(F)F)C[C@H](c2ccc(Cl)cc2)N3)cc1Cl. The Kier molecular flexibility index (Phi) is 5.96. The molecule has 0 saturated heterocycles. The Morgan fingerprint density at radius 3 is 2.53 bits per heavy atom. The van der Waals surface area contributed by atoms with Crippen LogP contribution in [0.4, 0.5) is 24.7 Å². The lowest BCUT2D eigenvalue weighted by Gasteiger charge is -2.33. The van der Waals surface area contributed by atoms with E-state index in [0.717, 1.165) is 4.68 Å². The molecule has 0 fully saturated rings. The molecule has 2 atom stereocenters. The molecule has 2 aromatic carbocycles. The van der Waals surface area contributed by atoms with Gasteiger partial charge in [0.1, 0.15) is 11.6 Å². The second kappa shape index (κ2) is 8.55. The first-order valence-electron chi connectivity index (χ1n) is 9.49. The van der Waals surface area contributed by atoms with Gasteiger partial charge < -0.3 is 15.4 Å². The average molecular weight is 485 g/mol. The van der Waals surface area contributed by atoms with Crippen molar-refractivity contribution in [3.05, 3.63) is 69.8 Å². The van der Waals surface area contributed by atoms with Gasteiger partial charge in [-0.3, -0.25) is 4.79 Å². The first kappa shape index (κ1) is 22.3. The number of amides is 1. The van der Waals surface area contributed by atoms with E-state index in [-0.39, 0.29) is 23.0 Å². The third-order valence-electron chi connectivity index (χ3n) is 5.10. The number of carbonyl (C=O) groups is 1. The second-order valence-corrected chi connectivity index (χ2v) is 8.05. The van der Waals surface area contributed by atoms with Gasteiger partial charge >= 0.3 is 6.18 Å². The van der Waals surface area contributed by atoms with Crippen molar-refractivity contribution in [2.24, 2.45) is 0 Å². The van der Waals surface area contributed by atoms with E-state index < -0.39 is 24.2 Å². The van der Waals surface area contributed by atoms with Gasteiger partial charge in [-0.25, -0.2) is 4.68 Å². The Bertz CT molecular complexity index is 1150. The highest BCUT2D eigenvalue weighted by Gasteiger charge is 2.46. The number of rotatable bonds is 4. The molecular weight excluding hydrogens is 468 g/mol. The number of carbonyl (C=O) groups excluding carboxylic acids is 1. The number of alkyl halides is 3. The van der Waals surface area contributed by atoms with Gasteiger partial charge in [0, 0.05) is 23.2 Å². The largest absolute Gasteiger partial charge is 0.495 e. The molecule has 168 valence electrons. The summed E-state index contributed by atoms with van der Waals surface area (Å²) in [5.74, 6) is -0.150. The highest BCUT2D eigenvalue weighted by atomic mass is 35.5. The molecule has 0 unspecified atom stereocenters. The summed E-state index contributed by atoms with van der Waals surface area (Å²) in [6.07, 6.45) is -4.83. The predicted octanol–water partition coefficient (Wildman–Crippen LogP) is 6.11. The highest BCUT2D eigenvalue weighted by molar-refractivity contribution is 6.32. The van der Waals surface area contributed by atoms with E-state index in [4.69, 9.17) is 27.9 Å². The standard InChI is InChI=1S/C21H17Cl2F3N4O2/c1-32-17-7-6-13(8-14(17)23)27-20(31)16-10-19-28-15(11-2-4-12(22)5-3-11)9-18(21(24,25)26)30(19)29-16/h2-8,10,15,18,28H,9H2,1H3,(H,27,31)/t15-,18-/m1/s1. The van der Waals surface area contributed by atoms with E-state index in [1.807, 2.05) is 0 Å². The monoisotopic (exact) mass is 484 g/mol. The van der Waals surface area contributed by atoms with E-state index in [1.165, 1.54) is 19.2 Å². The fourth-order valence-electron chi connectivity index (χ4n) is 3.54. The summed E-state index contributed by atoms with van der Waals surface area (Å²) >= 11 is 11.9. The molecule has 2 N–H and O–H groups in total. The molecule has 0 saturated carbocycles. The lowest BCUT2D eigenvalue weighted by molar-refractivity contribution is -0.173. The van der Waals surface area contributed by atoms with Crippen LogP contribution in [-0.4, -0.2) is 29.0 Å². The summed E-state index contributed by atoms with van der Waals surface area (Å²) in [4.78, 5) is 12.7. The van der Waals surface area contributed by atoms with Crippen LogP contribution in [0.1, 0.15) is 34.6 Å². The van der Waals surface area contributed by atoms with E-state index >= 15 is 0 Å². The van der Waals surface area contributed by atoms with Crippen LogP contribution in [0.3, 0.4) is 0 Å². The molecule has 6 nitrogen and oxygen atoms in total. The van der Waals surface area contributed by atoms with Gasteiger partial charge in [-0.2, -0.15) is 18.3 Å². The lowest BCUT2D eigenvalue weighted by atomic mass is 9.97. The van der Waals surface area contributed by atoms with Crippen LogP contribution >= 0.6 is 23.2 Å². The van der Waals surface area contributed by atoms with Gasteiger partial charge in [0.05, 0.1) is 18.2 Å². The number of ether oxygens (including phenoxy) is 1. The summed E-state index contributed by atoms with van der Waals surface area (Å²) in [5.41, 5.74) is 0.839. The highest BCUT2D eigenvalue weighted by Crippen LogP contribution is 2.43. The lowest BCUT2D eigenvalue weighted by Crippen LogP contribution is -2.35. The minimum atomic E-state index is -4.55. The molecular formula is C21H17Cl2F3N4O2. The topological polar surface area (TPSA) is 68.2 Å². The molecule has 32 heavy (non-hydrogen) atoms. The van der Waals surface area contributed by atoms with Crippen LogP contribution in [-0.2, 0) is 0 Å². The molecule has 0 bridgehead atoms. The molecule has 4 rings (SSSR count). The zero-order chi connectivity index (χ0) is 23.0. The number of nitrogens with one attached hydrogen (secondary N) is 2. The Morgan fingerprint density at radius 1 is 1.19 bits per heavy atom. The Balaban J connectivity index is 1.62. The Morgan fingerprint density at radius 2 is 1.91 bits per heavy atom. The van der Waals surface area contributed by atoms with Crippen LogP contribution in [0.25, 0.3) is 0 Å². The van der Waals surface area contributed by atoms with Gasteiger partial charge in [0.15, 0.2) is 11.7 Å². The van der Waals surface area contributed by atoms with Crippen LogP contribution in [0.15, 0.2) is 48.5 Å². The maximum absolute atomic E-state index is 13.8. The fourth-order valence-corrected chi connectivity index (χ4v) is 3.92. The number of hydrogen-bond acceptors (Lipinski definition) is 4. The third kappa shape index (κ3) is 4.49. The number of anilines is 2. The minimum Gasteiger partial charge on any atom is -0.495 e. The summed E-state index contributed by atoms with van der Waals surface area (Å²) in [5, 5.41) is 10.3. The maximum Gasteiger partial charge on any atom is 0.410 e. The average Bonchev–Trinajstić information content (AvgIpc) is 3.17. The molecule has 11 heteroatoms. The zero-order valence-electron chi connectivity index (χ0n) is 16.6. The quantitative estimate of drug-likeness (QED) is 0.468. The first-order chi connectivity index (χ1) is 15.2. The molecule has 3 aromatic rings. The van der Waals surface area contributed by atoms with Crippen molar-refractivity contribution in [3.8, 4) is 5.75 Å². The van der Waals surface area contributed by atoms with Crippen molar-refractivity contribution in [3.63, 3.8) is 0 Å². The molecule has 1 aliphatic rings. The van der Waals surface area contributed by atoms with Crippen LogP contribution < -0.4 is 15.4 Å². The van der Waals surface area contributed by atoms with E-state index in [1.54, 1.807) is 36.4 Å². The normalized spacial score (nSPS) is 17.9. The van der Waals surface area contributed by atoms with E-state index in [0.29, 0.717) is 22.0 Å². The first-order valence-corrected chi connectivity index (χ1v) is 10.2. The molecule has 1 amide bonds. The van der Waals surface area contributed by atoms with Crippen LogP contribution in [0, 0.1) is 0 Å². The summed E-state index contributed by atoms with van der Waals surface area (Å²) < 4.78 is 47.3. The van der Waals surface area contributed by atoms with Crippen molar-refractivity contribution in [1.29, 1.82) is 0 Å². The Labute approximate surface area is 191 Å². The zero-order valence-corrected chi connectivity index (χ0v) is 18.1. The number of halogens is 5. The smallest absolute Gasteiger partial charge is 0.410 e. The molecule has 2 heterocycles. The van der Waals surface area contributed by atoms with E-state index in [9.17, 15) is 18.0 Å². The van der Waals surface area contributed by atoms with Crippen molar-refractivity contribution >= 4 is 40.6 Å². The van der Waals surface area contributed by atoms with Crippen molar-refractivity contribution in [2.45, 2.75) is 24.7 Å². The van der Waals surface area contributed by atoms with Crippen molar-refractivity contribution < 1.29 is 22.7 Å². The molecule has 1 aromatic heterocycles. The summed E-state index contributed by atoms with van der Waals surface area (Å²) in [7, 11) is 1.45. The maximum atomic E-state index is 13.8. The third-order valence-corrected chi connectivity index (χ3v) is 5.65. The summed E-state index contributed by atoms with van der Waals surface area (Å²) in [6, 6.07) is 9.94. The van der Waals surface area contributed by atoms with Crippen LogP contribution in [0.2, 0.25) is 10.0 Å². The van der Waals surface area contributed by atoms with Gasteiger partial charge in [-0.1, -0.05) is 35.3 Å². The molecule has 0 radical (unpaired) electrons. The summed E-state index contributed by atoms with van der Waals surface area (Å²) in [6.45, 7) is 0. The van der Waals surface area contributed by atoms with Gasteiger partial charge in [-0.15, -0.1) is 0 Å². The fraction of sp³-hybridized carbons (Fsp3) is 0.238. The second-order valence-electron chi connectivity index (χ2n) is 7.20. The molecule has 0 aliphatic carbocycles. The number of hydrogen-bond donors (Lipinski definition) is 2. The van der Waals surface area contributed by atoms with Crippen molar-refractivity contribution in [2.75, 3.05) is 17.7 Å². The molecule has 1 aliphatic heterocycles. The Hall–Kier alpha value is -2.91. The number of methoxy groups -OCH3 is 1. The van der Waals surface area contributed by atoms with Crippen molar-refractivity contribution in [1.82, 2.24) is 9.78 Å². The number of fused-ring (bicyclic) bond motifs is 1. The van der Waals surface area contributed by atoms with Gasteiger partial charge in [0.25, 0.3) is 5.91 Å². The van der Waals surface area contributed by atoms with E-state index in [2.05, 4.69) is 15.7 Å². The molecule has 0 spiro atoms. The van der Waals surface area contributed by atoms with Crippen LogP contribution in [0.5, 0.6) is 5.75 Å². The predicted molar refractivity (Wildman–Crippen MR) is 116 cm³/mol. The number of nitrogens with zero attached hydrogens (tertiary/aromatic N) is 2. The van der Waals surface area contributed by atoms with Gasteiger partial charge in [0.2, 0.25) is 0 Å². The number of benzene rings is 2. The van der Waals surface area contributed by atoms with Gasteiger partial charge in [-0.05, 0) is 35.9 Å². The number of aromatic nitrogens is 2.